The summed E-state index contributed by atoms with van der Waals surface area (Å²) < 4.78 is 2.48. The van der Waals surface area contributed by atoms with Gasteiger partial charge < -0.3 is 4.57 Å². The Balaban J connectivity index is 1.18. The first-order chi connectivity index (χ1) is 27.2. The number of rotatable bonds is 4. The molecule has 0 saturated carbocycles. The minimum atomic E-state index is 0.338. The number of fused-ring (bicyclic) bond motifs is 10. The second kappa shape index (κ2) is 11.6. The Morgan fingerprint density at radius 3 is 1.93 bits per heavy atom. The molecule has 0 fully saturated rings. The largest absolute Gasteiger partial charge is 0.309 e. The van der Waals surface area contributed by atoms with Crippen LogP contribution in [0.5, 0.6) is 0 Å². The van der Waals surface area contributed by atoms with E-state index < -0.39 is 0 Å². The number of para-hydroxylation sites is 1. The Hall–Kier alpha value is -6.70. The van der Waals surface area contributed by atoms with E-state index in [4.69, 9.17) is 0 Å². The molecule has 10 aromatic carbocycles. The molecule has 258 valence electrons. The van der Waals surface area contributed by atoms with Gasteiger partial charge in [0.1, 0.15) is 0 Å². The lowest BCUT2D eigenvalue weighted by Gasteiger charge is -2.33. The molecule has 55 heavy (non-hydrogen) atoms. The first kappa shape index (κ1) is 30.7. The molecule has 0 radical (unpaired) electrons. The Morgan fingerprint density at radius 1 is 0.436 bits per heavy atom. The van der Waals surface area contributed by atoms with Crippen molar-refractivity contribution < 1.29 is 0 Å². The Morgan fingerprint density at radius 2 is 1.11 bits per heavy atom. The predicted octanol–water partition coefficient (Wildman–Crippen LogP) is 14.7. The molecule has 0 amide bonds. The summed E-state index contributed by atoms with van der Waals surface area (Å²) in [4.78, 5) is 0. The highest BCUT2D eigenvalue weighted by atomic mass is 15.0. The normalized spacial score (nSPS) is 14.7. The summed E-state index contributed by atoms with van der Waals surface area (Å²) in [6, 6.07) is 68.2. The molecule has 0 bridgehead atoms. The summed E-state index contributed by atoms with van der Waals surface area (Å²) in [5.74, 6) is 0.681. The van der Waals surface area contributed by atoms with E-state index in [1.54, 1.807) is 0 Å². The third kappa shape index (κ3) is 4.41. The molecule has 1 aromatic heterocycles. The molecule has 0 saturated heterocycles. The average Bonchev–Trinajstić information content (AvgIpc) is 3.59. The van der Waals surface area contributed by atoms with Crippen molar-refractivity contribution in [3.63, 3.8) is 0 Å². The molecular formula is C54H37N. The highest BCUT2D eigenvalue weighted by molar-refractivity contribution is 6.33. The van der Waals surface area contributed by atoms with E-state index in [1.165, 1.54) is 109 Å². The van der Waals surface area contributed by atoms with Crippen LogP contribution in [0, 0.1) is 0 Å². The van der Waals surface area contributed by atoms with Gasteiger partial charge in [-0.2, -0.15) is 0 Å². The van der Waals surface area contributed by atoms with E-state index >= 15 is 0 Å². The second-order valence-electron chi connectivity index (χ2n) is 15.6. The summed E-state index contributed by atoms with van der Waals surface area (Å²) in [5, 5.41) is 16.1. The Kier molecular flexibility index (Phi) is 6.51. The lowest BCUT2D eigenvalue weighted by molar-refractivity contribution is 0.576. The SMILES string of the molecule is CC(c1ccc(-c2ccccc2)cc1)C1Cc2c3ccccc3cc3c4cc5c6c7ccccc7ccc6n(-c6ccccc6)c5cc4c4cccc1c4c23. The predicted molar refractivity (Wildman–Crippen MR) is 235 cm³/mol. The van der Waals surface area contributed by atoms with Crippen LogP contribution >= 0.6 is 0 Å². The zero-order valence-corrected chi connectivity index (χ0v) is 30.6. The van der Waals surface area contributed by atoms with Gasteiger partial charge in [-0.05, 0) is 136 Å². The van der Waals surface area contributed by atoms with Crippen molar-refractivity contribution in [2.45, 2.75) is 25.2 Å². The monoisotopic (exact) mass is 699 g/mol. The molecule has 1 aliphatic carbocycles. The van der Waals surface area contributed by atoms with Crippen LogP contribution in [0.1, 0.15) is 35.4 Å². The molecular weight excluding hydrogens is 663 g/mol. The van der Waals surface area contributed by atoms with Crippen molar-refractivity contribution in [1.29, 1.82) is 0 Å². The lowest BCUT2D eigenvalue weighted by atomic mass is 9.71. The number of nitrogens with zero attached hydrogens (tertiary/aromatic N) is 1. The fraction of sp³-hybridized carbons (Fsp3) is 0.0741. The van der Waals surface area contributed by atoms with Crippen LogP contribution in [0.25, 0.3) is 92.5 Å². The van der Waals surface area contributed by atoms with Crippen LogP contribution in [-0.2, 0) is 6.42 Å². The van der Waals surface area contributed by atoms with Crippen molar-refractivity contribution in [2.24, 2.45) is 0 Å². The molecule has 0 N–H and O–H groups in total. The number of hydrogen-bond donors (Lipinski definition) is 0. The van der Waals surface area contributed by atoms with Gasteiger partial charge in [0, 0.05) is 16.5 Å². The molecule has 2 atom stereocenters. The zero-order valence-electron chi connectivity index (χ0n) is 30.6. The highest BCUT2D eigenvalue weighted by Gasteiger charge is 2.31. The molecule has 12 rings (SSSR count). The summed E-state index contributed by atoms with van der Waals surface area (Å²) >= 11 is 0. The van der Waals surface area contributed by atoms with Crippen LogP contribution < -0.4 is 0 Å². The van der Waals surface area contributed by atoms with Gasteiger partial charge >= 0.3 is 0 Å². The summed E-state index contributed by atoms with van der Waals surface area (Å²) in [5.41, 5.74) is 10.6. The summed E-state index contributed by atoms with van der Waals surface area (Å²) in [7, 11) is 0. The van der Waals surface area contributed by atoms with Gasteiger partial charge in [0.05, 0.1) is 11.0 Å². The molecule has 1 heterocycles. The standard InChI is InChI=1S/C54H37N/c1-33(34-23-25-36(26-24-34)35-13-4-2-5-14-35)44-30-48-40-19-10-9-16-38(40)29-47-45-31-49-51(32-46(45)43-22-12-21-42(44)53(43)54(47)48)55(39-17-6-3-7-18-39)50-28-27-37-15-8-11-20-41(37)52(49)50/h2-29,31-33,44H,30H2,1H3. The van der Waals surface area contributed by atoms with E-state index in [9.17, 15) is 0 Å². The van der Waals surface area contributed by atoms with E-state index in [-0.39, 0.29) is 0 Å². The maximum Gasteiger partial charge on any atom is 0.0547 e. The van der Waals surface area contributed by atoms with E-state index in [0.29, 0.717) is 11.8 Å². The van der Waals surface area contributed by atoms with Gasteiger partial charge in [0.2, 0.25) is 0 Å². The second-order valence-corrected chi connectivity index (χ2v) is 15.6. The fourth-order valence-corrected chi connectivity index (χ4v) is 10.3. The minimum Gasteiger partial charge on any atom is -0.309 e. The van der Waals surface area contributed by atoms with Gasteiger partial charge in [-0.1, -0.05) is 153 Å². The van der Waals surface area contributed by atoms with Crippen LogP contribution in [-0.4, -0.2) is 4.57 Å². The Labute approximate surface area is 319 Å². The smallest absolute Gasteiger partial charge is 0.0547 e. The van der Waals surface area contributed by atoms with Crippen molar-refractivity contribution in [3.05, 3.63) is 199 Å². The fourth-order valence-electron chi connectivity index (χ4n) is 10.3. The minimum absolute atomic E-state index is 0.338. The van der Waals surface area contributed by atoms with Gasteiger partial charge in [-0.15, -0.1) is 0 Å². The number of benzene rings is 10. The summed E-state index contributed by atoms with van der Waals surface area (Å²) in [6.45, 7) is 2.45. The van der Waals surface area contributed by atoms with E-state index in [2.05, 4.69) is 193 Å². The van der Waals surface area contributed by atoms with Crippen LogP contribution in [0.3, 0.4) is 0 Å². The van der Waals surface area contributed by atoms with Crippen molar-refractivity contribution in [2.75, 3.05) is 0 Å². The first-order valence-corrected chi connectivity index (χ1v) is 19.6. The Bertz CT molecular complexity index is 3330. The molecule has 1 aliphatic rings. The quantitative estimate of drug-likeness (QED) is 0.127. The first-order valence-electron chi connectivity index (χ1n) is 19.6. The molecule has 0 aliphatic heterocycles. The van der Waals surface area contributed by atoms with Gasteiger partial charge in [0.25, 0.3) is 0 Å². The summed E-state index contributed by atoms with van der Waals surface area (Å²) in [6.07, 6.45) is 1.01. The van der Waals surface area contributed by atoms with E-state index in [1.807, 2.05) is 0 Å². The molecule has 11 aromatic rings. The molecule has 0 spiro atoms. The molecule has 1 nitrogen and oxygen atoms in total. The van der Waals surface area contributed by atoms with Gasteiger partial charge in [0.15, 0.2) is 0 Å². The van der Waals surface area contributed by atoms with Crippen LogP contribution in [0.4, 0.5) is 0 Å². The third-order valence-corrected chi connectivity index (χ3v) is 12.9. The topological polar surface area (TPSA) is 4.93 Å². The van der Waals surface area contributed by atoms with Crippen molar-refractivity contribution >= 4 is 75.7 Å². The lowest BCUT2D eigenvalue weighted by Crippen LogP contribution is -2.16. The average molecular weight is 700 g/mol. The molecule has 2 unspecified atom stereocenters. The van der Waals surface area contributed by atoms with Crippen molar-refractivity contribution in [3.8, 4) is 16.8 Å². The maximum atomic E-state index is 2.53. The highest BCUT2D eigenvalue weighted by Crippen LogP contribution is 2.52. The van der Waals surface area contributed by atoms with Crippen LogP contribution in [0.2, 0.25) is 0 Å². The van der Waals surface area contributed by atoms with Crippen LogP contribution in [0.15, 0.2) is 182 Å². The van der Waals surface area contributed by atoms with Gasteiger partial charge in [-0.25, -0.2) is 0 Å². The molecule has 1 heteroatoms. The van der Waals surface area contributed by atoms with Crippen molar-refractivity contribution in [1.82, 2.24) is 4.57 Å². The number of hydrogen-bond acceptors (Lipinski definition) is 0. The zero-order chi connectivity index (χ0) is 36.2. The van der Waals surface area contributed by atoms with Gasteiger partial charge in [-0.3, -0.25) is 0 Å². The third-order valence-electron chi connectivity index (χ3n) is 12.9. The maximum absolute atomic E-state index is 2.53. The van der Waals surface area contributed by atoms with E-state index in [0.717, 1.165) is 6.42 Å². The number of aromatic nitrogens is 1.